The number of carbonyl (C=O) groups excluding carboxylic acids is 2. The Hall–Kier alpha value is -1.11. The molecule has 0 spiro atoms. The smallest absolute Gasteiger partial charge is 0.408 e. The van der Waals surface area contributed by atoms with Gasteiger partial charge in [0.2, 0.25) is 5.78 Å². The maximum absolute atomic E-state index is 12.9. The highest BCUT2D eigenvalue weighted by Gasteiger charge is 2.45. The van der Waals surface area contributed by atoms with E-state index in [2.05, 4.69) is 5.32 Å². The van der Waals surface area contributed by atoms with Crippen LogP contribution in [0.4, 0.5) is 4.79 Å². The second-order valence-corrected chi connectivity index (χ2v) is 9.07. The molecule has 9 heteroatoms. The summed E-state index contributed by atoms with van der Waals surface area (Å²) in [6.07, 6.45) is -0.919. The van der Waals surface area contributed by atoms with Gasteiger partial charge in [-0.2, -0.15) is 0 Å². The molecule has 0 aromatic rings. The largest absolute Gasteiger partial charge is 0.458 e. The molecule has 0 aliphatic heterocycles. The summed E-state index contributed by atoms with van der Waals surface area (Å²) >= 11 is 0. The van der Waals surface area contributed by atoms with Crippen LogP contribution in [-0.2, 0) is 27.9 Å². The Morgan fingerprint density at radius 3 is 1.67 bits per heavy atom. The summed E-state index contributed by atoms with van der Waals surface area (Å²) in [4.78, 5) is 24.5. The summed E-state index contributed by atoms with van der Waals surface area (Å²) in [5.74, 6) is -2.54. The van der Waals surface area contributed by atoms with E-state index < -0.39 is 36.6 Å². The van der Waals surface area contributed by atoms with Crippen molar-refractivity contribution >= 4 is 19.7 Å². The normalized spacial score (nSPS) is 14.0. The van der Waals surface area contributed by atoms with Crippen LogP contribution in [-0.4, -0.2) is 42.3 Å². The lowest BCUT2D eigenvalue weighted by Gasteiger charge is -2.29. The number of rotatable bonds is 7. The van der Waals surface area contributed by atoms with Gasteiger partial charge >= 0.3 is 19.7 Å². The number of esters is 1. The highest BCUT2D eigenvalue weighted by Crippen LogP contribution is 2.52. The maximum Gasteiger partial charge on any atom is 0.408 e. The molecule has 1 unspecified atom stereocenters. The fraction of sp³-hybridized carbons (Fsp3) is 0.867. The molecule has 0 heterocycles. The van der Waals surface area contributed by atoms with Crippen LogP contribution >= 0.6 is 7.60 Å². The van der Waals surface area contributed by atoms with Crippen LogP contribution in [0.15, 0.2) is 0 Å². The molecule has 0 radical (unpaired) electrons. The summed E-state index contributed by atoms with van der Waals surface area (Å²) in [7, 11) is -3.98. The van der Waals surface area contributed by atoms with E-state index in [4.69, 9.17) is 18.5 Å². The molecule has 24 heavy (non-hydrogen) atoms. The lowest BCUT2D eigenvalue weighted by atomic mass is 10.2. The predicted molar refractivity (Wildman–Crippen MR) is 89.9 cm³/mol. The lowest BCUT2D eigenvalue weighted by Crippen LogP contribution is -2.46. The zero-order valence-corrected chi connectivity index (χ0v) is 16.7. The molecule has 0 fully saturated rings. The highest BCUT2D eigenvalue weighted by molar-refractivity contribution is 7.55. The van der Waals surface area contributed by atoms with Gasteiger partial charge in [0.25, 0.3) is 0 Å². The monoisotopic (exact) mass is 367 g/mol. The van der Waals surface area contributed by atoms with E-state index >= 15 is 0 Å². The van der Waals surface area contributed by atoms with E-state index in [0.717, 1.165) is 0 Å². The summed E-state index contributed by atoms with van der Waals surface area (Å²) < 4.78 is 33.6. The summed E-state index contributed by atoms with van der Waals surface area (Å²) in [6, 6.07) is 0. The Morgan fingerprint density at radius 2 is 1.33 bits per heavy atom. The first-order valence-corrected chi connectivity index (χ1v) is 9.46. The van der Waals surface area contributed by atoms with Crippen molar-refractivity contribution in [2.45, 2.75) is 72.4 Å². The minimum absolute atomic E-state index is 0.0343. The molecule has 1 atom stereocenters. The average molecular weight is 367 g/mol. The van der Waals surface area contributed by atoms with Crippen molar-refractivity contribution in [3.05, 3.63) is 0 Å². The molecular formula is C15H30NO7P. The van der Waals surface area contributed by atoms with E-state index in [9.17, 15) is 14.2 Å². The quantitative estimate of drug-likeness (QED) is 0.543. The summed E-state index contributed by atoms with van der Waals surface area (Å²) in [5, 5.41) is 2.26. The second-order valence-electron chi connectivity index (χ2n) is 6.96. The van der Waals surface area contributed by atoms with Crippen LogP contribution < -0.4 is 5.32 Å². The van der Waals surface area contributed by atoms with Crippen LogP contribution in [0.1, 0.15) is 55.4 Å². The molecular weight excluding hydrogens is 337 g/mol. The van der Waals surface area contributed by atoms with Gasteiger partial charge in [-0.3, -0.25) is 9.88 Å². The van der Waals surface area contributed by atoms with Gasteiger partial charge < -0.3 is 18.5 Å². The zero-order valence-electron chi connectivity index (χ0n) is 15.8. The standard InChI is InChI=1S/C15H30NO7P/c1-9-20-24(19,21-10-2)11(12(17)22-14(3,4)5)16-13(18)23-15(6,7)8/h11H,9-10H2,1-8H3,(H,16,18). The number of hydrogen-bond donors (Lipinski definition) is 1. The van der Waals surface area contributed by atoms with Gasteiger partial charge in [0.15, 0.2) is 0 Å². The first-order chi connectivity index (χ1) is 10.7. The number of carbonyl (C=O) groups is 2. The maximum atomic E-state index is 12.9. The van der Waals surface area contributed by atoms with Gasteiger partial charge in [-0.1, -0.05) is 0 Å². The predicted octanol–water partition coefficient (Wildman–Crippen LogP) is 3.45. The summed E-state index contributed by atoms with van der Waals surface area (Å²) in [5.41, 5.74) is -1.63. The Balaban J connectivity index is 5.53. The van der Waals surface area contributed by atoms with Crippen LogP contribution in [0.5, 0.6) is 0 Å². The van der Waals surface area contributed by atoms with Gasteiger partial charge in [-0.05, 0) is 55.4 Å². The van der Waals surface area contributed by atoms with Crippen LogP contribution in [0, 0.1) is 0 Å². The number of hydrogen-bond acceptors (Lipinski definition) is 7. The number of alkyl carbamates (subject to hydrolysis) is 1. The molecule has 1 N–H and O–H groups in total. The highest BCUT2D eigenvalue weighted by atomic mass is 31.2. The van der Waals surface area contributed by atoms with Crippen molar-refractivity contribution in [3.8, 4) is 0 Å². The molecule has 0 aliphatic carbocycles. The van der Waals surface area contributed by atoms with E-state index in [1.165, 1.54) is 0 Å². The Labute approximate surface area is 144 Å². The van der Waals surface area contributed by atoms with Crippen LogP contribution in [0.25, 0.3) is 0 Å². The number of nitrogens with one attached hydrogen (secondary N) is 1. The Kier molecular flexibility index (Phi) is 8.42. The van der Waals surface area contributed by atoms with Gasteiger partial charge in [-0.25, -0.2) is 9.59 Å². The fourth-order valence-electron chi connectivity index (χ4n) is 1.59. The van der Waals surface area contributed by atoms with Crippen molar-refractivity contribution in [2.24, 2.45) is 0 Å². The second kappa shape index (κ2) is 8.83. The van der Waals surface area contributed by atoms with E-state index in [0.29, 0.717) is 0 Å². The minimum atomic E-state index is -3.98. The first kappa shape index (κ1) is 22.9. The van der Waals surface area contributed by atoms with Crippen molar-refractivity contribution in [3.63, 3.8) is 0 Å². The Morgan fingerprint density at radius 1 is 0.917 bits per heavy atom. The number of amides is 1. The molecule has 0 aromatic heterocycles. The molecule has 0 rings (SSSR count). The fourth-order valence-corrected chi connectivity index (χ4v) is 3.26. The molecule has 0 saturated carbocycles. The molecule has 0 saturated heterocycles. The first-order valence-electron chi connectivity index (χ1n) is 7.85. The third-order valence-corrected chi connectivity index (χ3v) is 4.43. The van der Waals surface area contributed by atoms with Gasteiger partial charge in [-0.15, -0.1) is 0 Å². The van der Waals surface area contributed by atoms with Gasteiger partial charge in [0.05, 0.1) is 13.2 Å². The van der Waals surface area contributed by atoms with Crippen LogP contribution in [0.3, 0.4) is 0 Å². The lowest BCUT2D eigenvalue weighted by molar-refractivity contribution is -0.155. The molecule has 8 nitrogen and oxygen atoms in total. The van der Waals surface area contributed by atoms with E-state index in [-0.39, 0.29) is 13.2 Å². The third kappa shape index (κ3) is 8.66. The molecule has 0 aliphatic rings. The average Bonchev–Trinajstić information content (AvgIpc) is 2.32. The van der Waals surface area contributed by atoms with Crippen LogP contribution in [0.2, 0.25) is 0 Å². The third-order valence-electron chi connectivity index (χ3n) is 2.22. The van der Waals surface area contributed by atoms with Crippen molar-refractivity contribution in [1.82, 2.24) is 5.32 Å². The van der Waals surface area contributed by atoms with Crippen molar-refractivity contribution in [1.29, 1.82) is 0 Å². The SMILES string of the molecule is CCOP(=O)(OCC)C(NC(=O)OC(C)(C)C)C(=O)OC(C)(C)C. The molecule has 0 aromatic carbocycles. The van der Waals surface area contributed by atoms with Gasteiger partial charge in [0, 0.05) is 0 Å². The zero-order chi connectivity index (χ0) is 19.2. The van der Waals surface area contributed by atoms with Crippen molar-refractivity contribution < 1.29 is 32.7 Å². The molecule has 142 valence electrons. The number of ether oxygens (including phenoxy) is 2. The summed E-state index contributed by atoms with van der Waals surface area (Å²) in [6.45, 7) is 13.2. The molecule has 1 amide bonds. The van der Waals surface area contributed by atoms with Crippen molar-refractivity contribution in [2.75, 3.05) is 13.2 Å². The topological polar surface area (TPSA) is 100 Å². The Bertz CT molecular complexity index is 469. The van der Waals surface area contributed by atoms with E-state index in [1.807, 2.05) is 0 Å². The van der Waals surface area contributed by atoms with Gasteiger partial charge in [0.1, 0.15) is 11.2 Å². The molecule has 0 bridgehead atoms. The van der Waals surface area contributed by atoms with E-state index in [1.54, 1.807) is 55.4 Å². The minimum Gasteiger partial charge on any atom is -0.458 e.